The van der Waals surface area contributed by atoms with E-state index >= 15 is 0 Å². The number of methoxy groups -OCH3 is 2. The zero-order chi connectivity index (χ0) is 50.6. The summed E-state index contributed by atoms with van der Waals surface area (Å²) >= 11 is 0. The first kappa shape index (κ1) is 50.5. The van der Waals surface area contributed by atoms with Crippen LogP contribution in [0.15, 0.2) is 103 Å². The lowest BCUT2D eigenvalue weighted by Crippen LogP contribution is -2.35. The summed E-state index contributed by atoms with van der Waals surface area (Å²) in [7, 11) is 2.85. The third-order valence-corrected chi connectivity index (χ3v) is 16.8. The van der Waals surface area contributed by atoms with Gasteiger partial charge in [-0.05, 0) is 202 Å². The highest BCUT2D eigenvalue weighted by Crippen LogP contribution is 2.45. The largest absolute Gasteiger partial charge is 0.465 e. The number of nitrogens with one attached hydrogen (secondary N) is 1. The van der Waals surface area contributed by atoms with Crippen molar-refractivity contribution in [1.29, 1.82) is 0 Å². The van der Waals surface area contributed by atoms with Crippen LogP contribution in [-0.2, 0) is 48.0 Å². The molecule has 0 bridgehead atoms. The summed E-state index contributed by atoms with van der Waals surface area (Å²) in [6.07, 6.45) is 12.8. The quantitative estimate of drug-likeness (QED) is 0.126. The first-order valence-electron chi connectivity index (χ1n) is 25.8. The van der Waals surface area contributed by atoms with Gasteiger partial charge in [0.15, 0.2) is 5.78 Å². The maximum atomic E-state index is 12.9. The van der Waals surface area contributed by atoms with E-state index in [0.717, 1.165) is 126 Å². The molecule has 0 aromatic heterocycles. The van der Waals surface area contributed by atoms with Crippen molar-refractivity contribution in [2.75, 3.05) is 60.1 Å². The van der Waals surface area contributed by atoms with Crippen molar-refractivity contribution in [1.82, 2.24) is 15.1 Å². The highest BCUT2D eigenvalue weighted by Gasteiger charge is 2.44. The first-order chi connectivity index (χ1) is 34.7. The highest BCUT2D eigenvalue weighted by atomic mass is 16.5. The van der Waals surface area contributed by atoms with Gasteiger partial charge in [0.1, 0.15) is 6.61 Å². The Morgan fingerprint density at radius 1 is 0.500 bits per heavy atom. The number of hydrogen-bond donors (Lipinski definition) is 2. The number of amides is 2. The average Bonchev–Trinajstić information content (AvgIpc) is 4.16. The number of fused-ring (bicyclic) bond motifs is 3. The van der Waals surface area contributed by atoms with Crippen LogP contribution in [0.2, 0.25) is 0 Å². The minimum atomic E-state index is -0.456. The van der Waals surface area contributed by atoms with E-state index in [1.54, 1.807) is 0 Å². The van der Waals surface area contributed by atoms with Crippen molar-refractivity contribution < 1.29 is 38.6 Å². The normalized spacial score (nSPS) is 22.5. The molecule has 0 radical (unpaired) electrons. The lowest BCUT2D eigenvalue weighted by atomic mass is 9.70. The van der Waals surface area contributed by atoms with E-state index in [2.05, 4.69) is 17.4 Å². The van der Waals surface area contributed by atoms with Gasteiger partial charge in [0.2, 0.25) is 0 Å². The van der Waals surface area contributed by atoms with Crippen LogP contribution in [0, 0.1) is 30.1 Å². The number of aliphatic hydroxyl groups excluding tert-OH is 1. The number of Topliss-reactive ketones (excluding diaryl/α,β-unsaturated/α-hetero) is 1. The zero-order valence-corrected chi connectivity index (χ0v) is 42.4. The predicted molar refractivity (Wildman–Crippen MR) is 278 cm³/mol. The summed E-state index contributed by atoms with van der Waals surface area (Å²) < 4.78 is 9.65. The summed E-state index contributed by atoms with van der Waals surface area (Å²) in [6.45, 7) is 9.01. The molecule has 11 heteroatoms. The van der Waals surface area contributed by atoms with Crippen LogP contribution in [-0.4, -0.2) is 105 Å². The molecule has 3 aliphatic heterocycles. The predicted octanol–water partition coefficient (Wildman–Crippen LogP) is 8.94. The van der Waals surface area contributed by atoms with Crippen LogP contribution in [0.1, 0.15) is 135 Å². The third-order valence-electron chi connectivity index (χ3n) is 16.8. The maximum Gasteiger partial charge on any atom is 0.337 e. The summed E-state index contributed by atoms with van der Waals surface area (Å²) in [5.41, 5.74) is 14.2. The van der Waals surface area contributed by atoms with Crippen LogP contribution in [0.4, 0.5) is 0 Å². The molecule has 2 amide bonds. The minimum absolute atomic E-state index is 0.105. The second-order valence-corrected chi connectivity index (χ2v) is 21.7. The van der Waals surface area contributed by atoms with E-state index in [9.17, 15) is 24.0 Å². The summed E-state index contributed by atoms with van der Waals surface area (Å²) in [6, 6.07) is 33.3. The van der Waals surface area contributed by atoms with Crippen molar-refractivity contribution in [3.63, 3.8) is 0 Å². The van der Waals surface area contributed by atoms with Crippen LogP contribution in [0.25, 0.3) is 0 Å². The Hall–Kier alpha value is -6.43. The molecule has 3 aliphatic carbocycles. The number of likely N-dealkylation sites (tertiary alicyclic amines) is 2. The van der Waals surface area contributed by atoms with Crippen molar-refractivity contribution in [3.8, 4) is 0 Å². The van der Waals surface area contributed by atoms with Crippen LogP contribution in [0.5, 0.6) is 0 Å². The van der Waals surface area contributed by atoms with Crippen LogP contribution >= 0.6 is 0 Å². The Bertz CT molecular complexity index is 2700. The van der Waals surface area contributed by atoms with E-state index in [-0.39, 0.29) is 40.4 Å². The molecule has 11 rings (SSSR count). The third kappa shape index (κ3) is 11.0. The molecule has 3 unspecified atom stereocenters. The van der Waals surface area contributed by atoms with Crippen molar-refractivity contribution >= 4 is 29.5 Å². The highest BCUT2D eigenvalue weighted by molar-refractivity contribution is 5.97. The van der Waals surface area contributed by atoms with E-state index < -0.39 is 6.61 Å². The summed E-state index contributed by atoms with van der Waals surface area (Å²) in [5.74, 6) is -0.523. The number of esters is 2. The zero-order valence-electron chi connectivity index (χ0n) is 42.4. The molecule has 6 aliphatic rings. The van der Waals surface area contributed by atoms with E-state index in [4.69, 9.17) is 14.6 Å². The van der Waals surface area contributed by atoms with Crippen LogP contribution < -0.4 is 5.32 Å². The topological polar surface area (TPSA) is 143 Å². The number of carbonyl (C=O) groups is 5. The number of aryl methyl sites for hydroxylation is 5. The molecule has 3 atom stereocenters. The van der Waals surface area contributed by atoms with E-state index in [1.165, 1.54) is 60.4 Å². The fourth-order valence-electron chi connectivity index (χ4n) is 12.4. The van der Waals surface area contributed by atoms with Gasteiger partial charge in [0, 0.05) is 49.4 Å². The number of hydrogen-bond acceptors (Lipinski definition) is 9. The standard InChI is InChI=1S/2C23H25NO3.C15H19NO2/c1-16-3-5-18(6-4-16)21(25)24-12-11-23(15-24)10-9-17-7-8-19(22(26)27-2)13-20(17)14-23;1-16-2-4-18(5-3-16)22(27)24-11-10-23(15-24)9-8-17-6-7-19(21(26)14-25)12-20(17)13-23;1-18-14(17)12-3-2-11-4-5-15(6-7-16-10-15)9-13(11)8-12/h3-8,13H,9-12,14-15H2,1-2H3;2-7,12,25H,8-11,13-15H2,1H3;2-3,8,16H,4-7,9-10H2,1H3. The van der Waals surface area contributed by atoms with Gasteiger partial charge >= 0.3 is 11.9 Å². The molecule has 3 spiro atoms. The van der Waals surface area contributed by atoms with Gasteiger partial charge in [-0.15, -0.1) is 0 Å². The van der Waals surface area contributed by atoms with E-state index in [1.807, 2.05) is 115 Å². The molecular weight excluding hydrogens is 903 g/mol. The molecule has 3 fully saturated rings. The molecule has 5 aromatic rings. The Morgan fingerprint density at radius 3 is 1.29 bits per heavy atom. The molecule has 0 saturated carbocycles. The Kier molecular flexibility index (Phi) is 15.0. The Morgan fingerprint density at radius 2 is 0.889 bits per heavy atom. The SMILES string of the molecule is COC(=O)c1ccc2c(c1)CC1(CC2)CCN(C(=O)c2ccc(C)cc2)C1.COC(=O)c1ccc2c(c1)CC1(CCNC1)CC2.Cc1ccc(C(=O)N2CCC3(CCc4ccc(C(=O)CO)cc4C3)C2)cc1. The second-order valence-electron chi connectivity index (χ2n) is 21.7. The van der Waals surface area contributed by atoms with Gasteiger partial charge in [0.25, 0.3) is 11.8 Å². The minimum Gasteiger partial charge on any atom is -0.465 e. The number of rotatable bonds is 6. The van der Waals surface area contributed by atoms with Gasteiger partial charge in [-0.25, -0.2) is 9.59 Å². The van der Waals surface area contributed by atoms with Crippen LogP contribution in [0.3, 0.4) is 0 Å². The molecule has 72 heavy (non-hydrogen) atoms. The van der Waals surface area contributed by atoms with Gasteiger partial charge in [-0.2, -0.15) is 0 Å². The number of ketones is 1. The molecule has 376 valence electrons. The summed E-state index contributed by atoms with van der Waals surface area (Å²) in [5, 5.41) is 12.6. The fourth-order valence-corrected chi connectivity index (χ4v) is 12.4. The van der Waals surface area contributed by atoms with Gasteiger partial charge in [0.05, 0.1) is 25.3 Å². The lowest BCUT2D eigenvalue weighted by molar-refractivity contribution is 0.0591. The van der Waals surface area contributed by atoms with Gasteiger partial charge in [-0.3, -0.25) is 14.4 Å². The van der Waals surface area contributed by atoms with Gasteiger partial charge < -0.3 is 29.7 Å². The number of nitrogens with zero attached hydrogens (tertiary/aromatic N) is 2. The fraction of sp³-hybridized carbons (Fsp3) is 0.426. The molecule has 11 nitrogen and oxygen atoms in total. The molecule has 3 saturated heterocycles. The van der Waals surface area contributed by atoms with Crippen molar-refractivity contribution in [3.05, 3.63) is 175 Å². The molecular formula is C61H69N3O8. The smallest absolute Gasteiger partial charge is 0.337 e. The first-order valence-corrected chi connectivity index (χ1v) is 25.8. The van der Waals surface area contributed by atoms with E-state index in [0.29, 0.717) is 22.1 Å². The second kappa shape index (κ2) is 21.3. The van der Waals surface area contributed by atoms with Crippen molar-refractivity contribution in [2.24, 2.45) is 16.2 Å². The number of benzene rings is 5. The molecule has 2 N–H and O–H groups in total. The molecule has 3 heterocycles. The number of ether oxygens (including phenoxy) is 2. The Labute approximate surface area is 424 Å². The Balaban J connectivity index is 0.000000136. The molecule has 5 aromatic carbocycles. The summed E-state index contributed by atoms with van der Waals surface area (Å²) in [4.78, 5) is 65.0. The maximum absolute atomic E-state index is 12.9. The van der Waals surface area contributed by atoms with Gasteiger partial charge in [-0.1, -0.05) is 59.7 Å². The number of carbonyl (C=O) groups excluding carboxylic acids is 5. The van der Waals surface area contributed by atoms with Crippen molar-refractivity contribution in [2.45, 2.75) is 90.9 Å². The number of aliphatic hydroxyl groups is 1. The monoisotopic (exact) mass is 972 g/mol. The lowest BCUT2D eigenvalue weighted by Gasteiger charge is -2.35. The average molecular weight is 972 g/mol.